The third kappa shape index (κ3) is 4.48. The van der Waals surface area contributed by atoms with Gasteiger partial charge in [-0.3, -0.25) is 14.6 Å². The number of anilines is 2. The van der Waals surface area contributed by atoms with Gasteiger partial charge in [0.15, 0.2) is 0 Å². The minimum Gasteiger partial charge on any atom is -0.441 e. The van der Waals surface area contributed by atoms with Gasteiger partial charge in [-0.1, -0.05) is 11.6 Å². The standard InChI is InChI=1S/C25H28ClN5O3/c1-17-27-21-14-19(6-9-22(21)29(17)2)28-23(32)15-30-12-3-10-25(11-13-30)16-31(24(33)34-25)20-7-4-18(26)5-8-20/h4-9,14H,3,10-13,15-16H2,1-2H3,(H,28,32). The molecule has 178 valence electrons. The molecule has 2 fully saturated rings. The van der Waals surface area contributed by atoms with E-state index in [1.54, 1.807) is 17.0 Å². The van der Waals surface area contributed by atoms with E-state index < -0.39 is 5.60 Å². The minimum absolute atomic E-state index is 0.0610. The maximum Gasteiger partial charge on any atom is 0.415 e. The summed E-state index contributed by atoms with van der Waals surface area (Å²) in [4.78, 5) is 33.7. The Morgan fingerprint density at radius 3 is 2.76 bits per heavy atom. The molecule has 1 aromatic heterocycles. The number of amides is 2. The van der Waals surface area contributed by atoms with Crippen LogP contribution in [0.5, 0.6) is 0 Å². The molecule has 9 heteroatoms. The maximum atomic E-state index is 12.7. The second-order valence-corrected chi connectivity index (χ2v) is 9.65. The first kappa shape index (κ1) is 22.7. The number of likely N-dealkylation sites (tertiary alicyclic amines) is 1. The zero-order valence-electron chi connectivity index (χ0n) is 19.4. The molecule has 2 aromatic carbocycles. The predicted octanol–water partition coefficient (Wildman–Crippen LogP) is 4.36. The van der Waals surface area contributed by atoms with Crippen LogP contribution in [0.15, 0.2) is 42.5 Å². The van der Waals surface area contributed by atoms with E-state index in [0.717, 1.165) is 47.6 Å². The summed E-state index contributed by atoms with van der Waals surface area (Å²) in [6.45, 7) is 4.24. The Balaban J connectivity index is 1.19. The molecule has 2 amide bonds. The molecule has 1 unspecified atom stereocenters. The lowest BCUT2D eigenvalue weighted by Gasteiger charge is -2.25. The Morgan fingerprint density at radius 1 is 1.18 bits per heavy atom. The van der Waals surface area contributed by atoms with Crippen molar-refractivity contribution in [1.29, 1.82) is 0 Å². The van der Waals surface area contributed by atoms with Crippen LogP contribution in [0.4, 0.5) is 16.2 Å². The summed E-state index contributed by atoms with van der Waals surface area (Å²) >= 11 is 5.98. The third-order valence-electron chi connectivity index (χ3n) is 6.85. The summed E-state index contributed by atoms with van der Waals surface area (Å²) < 4.78 is 7.91. The number of imidazole rings is 1. The highest BCUT2D eigenvalue weighted by Gasteiger charge is 2.46. The Labute approximate surface area is 203 Å². The first-order valence-electron chi connectivity index (χ1n) is 11.5. The van der Waals surface area contributed by atoms with Gasteiger partial charge in [0.2, 0.25) is 5.91 Å². The topological polar surface area (TPSA) is 79.7 Å². The number of nitrogens with zero attached hydrogens (tertiary/aromatic N) is 4. The number of nitrogens with one attached hydrogen (secondary N) is 1. The van der Waals surface area contributed by atoms with Crippen LogP contribution < -0.4 is 10.2 Å². The normalized spacial score (nSPS) is 21.1. The minimum atomic E-state index is -0.524. The van der Waals surface area contributed by atoms with E-state index in [0.29, 0.717) is 31.1 Å². The zero-order valence-corrected chi connectivity index (χ0v) is 20.1. The number of rotatable bonds is 4. The number of carbonyl (C=O) groups is 2. The van der Waals surface area contributed by atoms with Crippen LogP contribution in [0, 0.1) is 6.92 Å². The van der Waals surface area contributed by atoms with E-state index in [-0.39, 0.29) is 12.0 Å². The van der Waals surface area contributed by atoms with Crippen molar-refractivity contribution in [3.63, 3.8) is 0 Å². The lowest BCUT2D eigenvalue weighted by Crippen LogP contribution is -2.37. The highest BCUT2D eigenvalue weighted by atomic mass is 35.5. The average Bonchev–Trinajstić information content (AvgIpc) is 3.19. The Hall–Kier alpha value is -3.10. The van der Waals surface area contributed by atoms with E-state index in [1.165, 1.54) is 0 Å². The Morgan fingerprint density at radius 2 is 1.97 bits per heavy atom. The number of halogens is 1. The summed E-state index contributed by atoms with van der Waals surface area (Å²) in [5.41, 5.74) is 2.90. The van der Waals surface area contributed by atoms with Gasteiger partial charge >= 0.3 is 6.09 Å². The number of ether oxygens (including phenoxy) is 1. The molecular formula is C25H28ClN5O3. The first-order chi connectivity index (χ1) is 16.3. The lowest BCUT2D eigenvalue weighted by atomic mass is 9.95. The number of fused-ring (bicyclic) bond motifs is 1. The molecule has 1 atom stereocenters. The van der Waals surface area contributed by atoms with Crippen molar-refractivity contribution in [3.05, 3.63) is 53.3 Å². The van der Waals surface area contributed by atoms with Gasteiger partial charge in [0, 0.05) is 36.4 Å². The average molecular weight is 482 g/mol. The molecule has 2 aliphatic rings. The SMILES string of the molecule is Cc1nc2cc(NC(=O)CN3CCCC4(CC3)CN(c3ccc(Cl)cc3)C(=O)O4)ccc2n1C. The van der Waals surface area contributed by atoms with Crippen LogP contribution in [-0.4, -0.2) is 58.2 Å². The van der Waals surface area contributed by atoms with Gasteiger partial charge < -0.3 is 14.6 Å². The van der Waals surface area contributed by atoms with Crippen LogP contribution in [0.1, 0.15) is 25.1 Å². The molecule has 2 aliphatic heterocycles. The van der Waals surface area contributed by atoms with E-state index >= 15 is 0 Å². The van der Waals surface area contributed by atoms with Crippen molar-refractivity contribution < 1.29 is 14.3 Å². The van der Waals surface area contributed by atoms with Crippen molar-refractivity contribution in [2.24, 2.45) is 7.05 Å². The van der Waals surface area contributed by atoms with Crippen molar-refractivity contribution >= 4 is 46.0 Å². The fourth-order valence-electron chi connectivity index (χ4n) is 4.89. The van der Waals surface area contributed by atoms with Gasteiger partial charge in [-0.2, -0.15) is 0 Å². The van der Waals surface area contributed by atoms with Gasteiger partial charge in [0.05, 0.1) is 24.1 Å². The van der Waals surface area contributed by atoms with Crippen molar-refractivity contribution in [3.8, 4) is 0 Å². The number of hydrogen-bond acceptors (Lipinski definition) is 5. The quantitative estimate of drug-likeness (QED) is 0.599. The van der Waals surface area contributed by atoms with Crippen molar-refractivity contribution in [2.75, 3.05) is 36.4 Å². The van der Waals surface area contributed by atoms with Gasteiger partial charge in [-0.15, -0.1) is 0 Å². The zero-order chi connectivity index (χ0) is 23.9. The summed E-state index contributed by atoms with van der Waals surface area (Å²) in [6.07, 6.45) is 1.99. The summed E-state index contributed by atoms with van der Waals surface area (Å²) in [5.74, 6) is 0.869. The van der Waals surface area contributed by atoms with E-state index in [1.807, 2.05) is 48.9 Å². The number of aryl methyl sites for hydroxylation is 2. The molecule has 0 bridgehead atoms. The van der Waals surface area contributed by atoms with Gasteiger partial charge in [-0.25, -0.2) is 9.78 Å². The molecule has 0 aliphatic carbocycles. The van der Waals surface area contributed by atoms with Crippen molar-refractivity contribution in [1.82, 2.24) is 14.5 Å². The highest BCUT2D eigenvalue weighted by molar-refractivity contribution is 6.30. The van der Waals surface area contributed by atoms with Crippen LogP contribution in [0.2, 0.25) is 5.02 Å². The molecule has 2 saturated heterocycles. The Kier molecular flexibility index (Phi) is 5.95. The van der Waals surface area contributed by atoms with Crippen molar-refractivity contribution in [2.45, 2.75) is 31.8 Å². The lowest BCUT2D eigenvalue weighted by molar-refractivity contribution is -0.117. The van der Waals surface area contributed by atoms with Crippen LogP contribution >= 0.6 is 11.6 Å². The maximum absolute atomic E-state index is 12.7. The Bertz CT molecular complexity index is 1240. The summed E-state index contributed by atoms with van der Waals surface area (Å²) in [7, 11) is 1.98. The molecule has 1 spiro atoms. The number of aromatic nitrogens is 2. The molecule has 1 N–H and O–H groups in total. The van der Waals surface area contributed by atoms with Crippen LogP contribution in [0.25, 0.3) is 11.0 Å². The summed E-state index contributed by atoms with van der Waals surface area (Å²) in [5, 5.41) is 3.63. The van der Waals surface area contributed by atoms with E-state index in [4.69, 9.17) is 16.3 Å². The fourth-order valence-corrected chi connectivity index (χ4v) is 5.01. The molecule has 3 heterocycles. The highest BCUT2D eigenvalue weighted by Crippen LogP contribution is 2.36. The molecule has 0 saturated carbocycles. The molecule has 5 rings (SSSR count). The van der Waals surface area contributed by atoms with Gasteiger partial charge in [0.1, 0.15) is 11.4 Å². The molecule has 3 aromatic rings. The molecule has 34 heavy (non-hydrogen) atoms. The van der Waals surface area contributed by atoms with Gasteiger partial charge in [0.25, 0.3) is 0 Å². The van der Waals surface area contributed by atoms with Crippen LogP contribution in [0.3, 0.4) is 0 Å². The van der Waals surface area contributed by atoms with Crippen LogP contribution in [-0.2, 0) is 16.6 Å². The largest absolute Gasteiger partial charge is 0.441 e. The smallest absolute Gasteiger partial charge is 0.415 e. The number of carbonyl (C=O) groups excluding carboxylic acids is 2. The summed E-state index contributed by atoms with van der Waals surface area (Å²) in [6, 6.07) is 13.0. The monoisotopic (exact) mass is 481 g/mol. The first-order valence-corrected chi connectivity index (χ1v) is 11.9. The molecule has 8 nitrogen and oxygen atoms in total. The predicted molar refractivity (Wildman–Crippen MR) is 132 cm³/mol. The molecule has 0 radical (unpaired) electrons. The third-order valence-corrected chi connectivity index (χ3v) is 7.11. The van der Waals surface area contributed by atoms with E-state index in [2.05, 4.69) is 15.2 Å². The van der Waals surface area contributed by atoms with Gasteiger partial charge in [-0.05, 0) is 68.8 Å². The van der Waals surface area contributed by atoms with E-state index in [9.17, 15) is 9.59 Å². The second-order valence-electron chi connectivity index (χ2n) is 9.21. The number of benzene rings is 2. The molecular weight excluding hydrogens is 454 g/mol. The second kappa shape index (κ2) is 8.92. The number of hydrogen-bond donors (Lipinski definition) is 1. The fraction of sp³-hybridized carbons (Fsp3) is 0.400.